The molecule has 1 amide bonds. The number of aliphatic hydroxyl groups is 1. The first-order chi connectivity index (χ1) is 19.4. The van der Waals surface area contributed by atoms with E-state index in [1.165, 1.54) is 0 Å². The molecular weight excluding hydrogens is 508 g/mol. The Kier molecular flexibility index (Phi) is 5.43. The van der Waals surface area contributed by atoms with Crippen molar-refractivity contribution >= 4 is 17.4 Å². The third-order valence-electron chi connectivity index (χ3n) is 7.84. The number of aromatic nitrogens is 1. The summed E-state index contributed by atoms with van der Waals surface area (Å²) < 4.78 is 17.7. The summed E-state index contributed by atoms with van der Waals surface area (Å²) in [7, 11) is 0. The van der Waals surface area contributed by atoms with E-state index in [0.29, 0.717) is 40.4 Å². The standard InChI is InChI=1S/C32H26N2O6/c1-3-34-24-14-19(9-11-27(24)39-17-28(34)35)30(36)31-32(37,23-6-4-5-7-26(23)40-31)21-13-20-16-38-25-10-8-18(2)12-22(25)29(20)33-15-21/h4-15,31,37H,3,16-17H2,1-2H3. The van der Waals surface area contributed by atoms with Gasteiger partial charge in [0, 0.05) is 40.6 Å². The lowest BCUT2D eigenvalue weighted by molar-refractivity contribution is -0.121. The Bertz CT molecular complexity index is 1720. The molecule has 2 unspecified atom stereocenters. The number of carbonyl (C=O) groups is 2. The van der Waals surface area contributed by atoms with Gasteiger partial charge in [0.05, 0.1) is 11.4 Å². The van der Waals surface area contributed by atoms with Gasteiger partial charge in [-0.2, -0.15) is 0 Å². The normalized spacial score (nSPS) is 20.3. The minimum absolute atomic E-state index is 0.0476. The van der Waals surface area contributed by atoms with Gasteiger partial charge in [0.1, 0.15) is 23.9 Å². The Hall–Kier alpha value is -4.69. The van der Waals surface area contributed by atoms with Gasteiger partial charge in [-0.05, 0) is 56.3 Å². The van der Waals surface area contributed by atoms with Crippen LogP contribution in [0.4, 0.5) is 5.69 Å². The van der Waals surface area contributed by atoms with Crippen LogP contribution in [0.1, 0.15) is 39.5 Å². The van der Waals surface area contributed by atoms with Gasteiger partial charge in [-0.15, -0.1) is 0 Å². The molecule has 0 saturated heterocycles. The van der Waals surface area contributed by atoms with Gasteiger partial charge in [0.15, 0.2) is 18.3 Å². The summed E-state index contributed by atoms with van der Waals surface area (Å²) in [5.41, 5.74) is 3.49. The number of hydrogen-bond acceptors (Lipinski definition) is 7. The maximum Gasteiger partial charge on any atom is 0.265 e. The van der Waals surface area contributed by atoms with E-state index in [1.54, 1.807) is 53.6 Å². The number of carbonyl (C=O) groups excluding carboxylic acids is 2. The third-order valence-corrected chi connectivity index (χ3v) is 7.84. The lowest BCUT2D eigenvalue weighted by atomic mass is 9.80. The molecule has 8 nitrogen and oxygen atoms in total. The first kappa shape index (κ1) is 24.4. The van der Waals surface area contributed by atoms with E-state index in [0.717, 1.165) is 28.1 Å². The molecule has 0 saturated carbocycles. The molecule has 0 bridgehead atoms. The van der Waals surface area contributed by atoms with Crippen LogP contribution in [0.2, 0.25) is 0 Å². The number of nitrogens with zero attached hydrogens (tertiary/aromatic N) is 2. The minimum Gasteiger partial charge on any atom is -0.488 e. The SMILES string of the molecule is CCN1C(=O)COc2ccc(C(=O)C3Oc4ccccc4C3(O)c3cnc4c(c3)COc3ccc(C)cc3-4)cc21. The smallest absolute Gasteiger partial charge is 0.265 e. The zero-order valence-corrected chi connectivity index (χ0v) is 22.0. The van der Waals surface area contributed by atoms with Crippen LogP contribution in [0.3, 0.4) is 0 Å². The monoisotopic (exact) mass is 534 g/mol. The summed E-state index contributed by atoms with van der Waals surface area (Å²) in [5.74, 6) is 1.10. The van der Waals surface area contributed by atoms with Crippen molar-refractivity contribution in [3.8, 4) is 28.5 Å². The van der Waals surface area contributed by atoms with Gasteiger partial charge in [-0.25, -0.2) is 0 Å². The second-order valence-electron chi connectivity index (χ2n) is 10.3. The average Bonchev–Trinajstić information content (AvgIpc) is 3.29. The molecule has 0 aliphatic carbocycles. The van der Waals surface area contributed by atoms with Gasteiger partial charge in [-0.3, -0.25) is 14.6 Å². The summed E-state index contributed by atoms with van der Waals surface area (Å²) in [6.45, 7) is 4.55. The van der Waals surface area contributed by atoms with Crippen molar-refractivity contribution in [1.29, 1.82) is 0 Å². The second-order valence-corrected chi connectivity index (χ2v) is 10.3. The summed E-state index contributed by atoms with van der Waals surface area (Å²) in [5, 5.41) is 12.4. The summed E-state index contributed by atoms with van der Waals surface area (Å²) in [6.07, 6.45) is 0.331. The van der Waals surface area contributed by atoms with Crippen molar-refractivity contribution in [2.45, 2.75) is 32.2 Å². The molecule has 4 aromatic rings. The van der Waals surface area contributed by atoms with Crippen LogP contribution in [-0.4, -0.2) is 41.0 Å². The van der Waals surface area contributed by atoms with Crippen molar-refractivity contribution in [2.75, 3.05) is 18.1 Å². The third kappa shape index (κ3) is 3.53. The number of aryl methyl sites for hydroxylation is 1. The number of anilines is 1. The molecular formula is C32H26N2O6. The van der Waals surface area contributed by atoms with Crippen molar-refractivity contribution in [3.63, 3.8) is 0 Å². The lowest BCUT2D eigenvalue weighted by Gasteiger charge is -2.31. The Morgan fingerprint density at radius 2 is 1.82 bits per heavy atom. The number of rotatable bonds is 4. The van der Waals surface area contributed by atoms with E-state index < -0.39 is 17.5 Å². The first-order valence-electron chi connectivity index (χ1n) is 13.2. The highest BCUT2D eigenvalue weighted by Crippen LogP contribution is 2.48. The van der Waals surface area contributed by atoms with E-state index in [4.69, 9.17) is 19.2 Å². The maximum atomic E-state index is 14.1. The zero-order valence-electron chi connectivity index (χ0n) is 22.0. The quantitative estimate of drug-likeness (QED) is 0.383. The minimum atomic E-state index is -1.81. The van der Waals surface area contributed by atoms with Crippen molar-refractivity contribution < 1.29 is 28.9 Å². The number of fused-ring (bicyclic) bond motifs is 5. The fraction of sp³-hybridized carbons (Fsp3) is 0.219. The molecule has 3 aliphatic rings. The molecule has 0 spiro atoms. The Labute approximate surface area is 230 Å². The number of amides is 1. The van der Waals surface area contributed by atoms with E-state index >= 15 is 0 Å². The van der Waals surface area contributed by atoms with Gasteiger partial charge >= 0.3 is 0 Å². The second kappa shape index (κ2) is 8.93. The number of pyridine rings is 1. The molecule has 40 heavy (non-hydrogen) atoms. The Morgan fingerprint density at radius 1 is 1.02 bits per heavy atom. The Balaban J connectivity index is 1.32. The van der Waals surface area contributed by atoms with Crippen LogP contribution in [-0.2, 0) is 17.0 Å². The van der Waals surface area contributed by atoms with E-state index in [1.807, 2.05) is 38.1 Å². The fourth-order valence-corrected chi connectivity index (χ4v) is 5.82. The van der Waals surface area contributed by atoms with E-state index in [9.17, 15) is 14.7 Å². The van der Waals surface area contributed by atoms with Crippen molar-refractivity contribution in [3.05, 3.63) is 101 Å². The lowest BCUT2D eigenvalue weighted by Crippen LogP contribution is -2.45. The number of benzene rings is 3. The van der Waals surface area contributed by atoms with Crippen LogP contribution in [0.25, 0.3) is 11.3 Å². The highest BCUT2D eigenvalue weighted by atomic mass is 16.5. The summed E-state index contributed by atoms with van der Waals surface area (Å²) in [4.78, 5) is 32.8. The number of hydrogen-bond donors (Lipinski definition) is 1. The highest BCUT2D eigenvalue weighted by Gasteiger charge is 2.53. The van der Waals surface area contributed by atoms with Gasteiger partial charge in [-0.1, -0.05) is 29.8 Å². The van der Waals surface area contributed by atoms with Crippen molar-refractivity contribution in [2.24, 2.45) is 0 Å². The van der Waals surface area contributed by atoms with Crippen LogP contribution in [0.5, 0.6) is 17.2 Å². The van der Waals surface area contributed by atoms with Crippen molar-refractivity contribution in [1.82, 2.24) is 4.98 Å². The largest absolute Gasteiger partial charge is 0.488 e. The molecule has 1 N–H and O–H groups in total. The van der Waals surface area contributed by atoms with Crippen LogP contribution >= 0.6 is 0 Å². The Morgan fingerprint density at radius 3 is 2.67 bits per heavy atom. The molecule has 8 heteroatoms. The topological polar surface area (TPSA) is 98.2 Å². The number of ether oxygens (including phenoxy) is 3. The molecule has 200 valence electrons. The van der Waals surface area contributed by atoms with Gasteiger partial charge < -0.3 is 24.2 Å². The van der Waals surface area contributed by atoms with Gasteiger partial charge in [0.2, 0.25) is 5.78 Å². The van der Waals surface area contributed by atoms with E-state index in [2.05, 4.69) is 0 Å². The number of para-hydroxylation sites is 1. The van der Waals surface area contributed by atoms with E-state index in [-0.39, 0.29) is 19.1 Å². The predicted molar refractivity (Wildman–Crippen MR) is 147 cm³/mol. The molecule has 0 radical (unpaired) electrons. The van der Waals surface area contributed by atoms with Crippen LogP contribution in [0, 0.1) is 6.92 Å². The molecule has 7 rings (SSSR count). The first-order valence-corrected chi connectivity index (χ1v) is 13.2. The molecule has 1 aromatic heterocycles. The van der Waals surface area contributed by atoms with Gasteiger partial charge in [0.25, 0.3) is 5.91 Å². The number of ketones is 1. The zero-order chi connectivity index (χ0) is 27.6. The maximum absolute atomic E-state index is 14.1. The fourth-order valence-electron chi connectivity index (χ4n) is 5.82. The molecule has 4 heterocycles. The predicted octanol–water partition coefficient (Wildman–Crippen LogP) is 4.57. The van der Waals surface area contributed by atoms with Crippen LogP contribution in [0.15, 0.2) is 72.9 Å². The van der Waals surface area contributed by atoms with Crippen LogP contribution < -0.4 is 19.1 Å². The summed E-state index contributed by atoms with van der Waals surface area (Å²) >= 11 is 0. The molecule has 0 fully saturated rings. The molecule has 2 atom stereocenters. The highest BCUT2D eigenvalue weighted by molar-refractivity contribution is 6.05. The number of likely N-dealkylation sites (N-methyl/N-ethyl adjacent to an activating group) is 1. The average molecular weight is 535 g/mol. The summed E-state index contributed by atoms with van der Waals surface area (Å²) in [6, 6.07) is 19.8. The molecule has 3 aliphatic heterocycles. The number of Topliss-reactive ketones (excluding diaryl/α,β-unsaturated/α-hetero) is 1. The molecule has 3 aromatic carbocycles.